The number of amides is 1. The van der Waals surface area contributed by atoms with E-state index in [2.05, 4.69) is 5.32 Å². The van der Waals surface area contributed by atoms with E-state index in [1.165, 1.54) is 12.1 Å². The van der Waals surface area contributed by atoms with Gasteiger partial charge in [-0.25, -0.2) is 0 Å². The first-order valence-electron chi connectivity index (χ1n) is 4.60. The van der Waals surface area contributed by atoms with Gasteiger partial charge >= 0.3 is 29.6 Å². The van der Waals surface area contributed by atoms with Gasteiger partial charge in [-0.1, -0.05) is 0 Å². The number of benzene rings is 1. The molecule has 1 aliphatic rings. The van der Waals surface area contributed by atoms with Gasteiger partial charge in [-0.2, -0.15) is 0 Å². The summed E-state index contributed by atoms with van der Waals surface area (Å²) in [6.07, 6.45) is -0.791. The van der Waals surface area contributed by atoms with Gasteiger partial charge in [0.2, 0.25) is 0 Å². The van der Waals surface area contributed by atoms with Gasteiger partial charge in [0.05, 0.1) is 12.6 Å². The largest absolute Gasteiger partial charge is 1.00 e. The minimum Gasteiger partial charge on any atom is -0.530 e. The molecule has 0 saturated carbocycles. The molecule has 1 aromatic carbocycles. The van der Waals surface area contributed by atoms with Gasteiger partial charge in [0, 0.05) is 12.0 Å². The van der Waals surface area contributed by atoms with E-state index < -0.39 is 6.09 Å². The normalized spacial score (nSPS) is 17.6. The molecule has 0 saturated heterocycles. The molecule has 1 aromatic rings. The van der Waals surface area contributed by atoms with E-state index in [1.807, 2.05) is 0 Å². The number of phenolic OH excluding ortho intramolecular Hbond substituents is 1. The quantitative estimate of drug-likeness (QED) is 0.510. The van der Waals surface area contributed by atoms with Crippen LogP contribution < -0.4 is 44.7 Å². The molecule has 1 atom stereocenters. The average molecular weight is 231 g/mol. The number of rotatable bonds is 1. The molecule has 0 spiro atoms. The maximum atomic E-state index is 10.4. The summed E-state index contributed by atoms with van der Waals surface area (Å²) in [7, 11) is 0. The van der Waals surface area contributed by atoms with Gasteiger partial charge in [-0.05, 0) is 18.2 Å². The summed E-state index contributed by atoms with van der Waals surface area (Å²) < 4.78 is 5.33. The Bertz CT molecular complexity index is 396. The van der Waals surface area contributed by atoms with Crippen molar-refractivity contribution in [3.63, 3.8) is 0 Å². The molecule has 2 rings (SSSR count). The molecule has 1 aliphatic heterocycles. The number of ether oxygens (including phenoxy) is 1. The molecule has 0 radical (unpaired) electrons. The van der Waals surface area contributed by atoms with E-state index in [-0.39, 0.29) is 41.3 Å². The molecule has 1 heterocycles. The van der Waals surface area contributed by atoms with Crippen molar-refractivity contribution in [2.45, 2.75) is 12.5 Å². The minimum absolute atomic E-state index is 0. The molecule has 16 heavy (non-hydrogen) atoms. The van der Waals surface area contributed by atoms with Crippen molar-refractivity contribution < 1.29 is 49.3 Å². The summed E-state index contributed by atoms with van der Waals surface area (Å²) in [6.45, 7) is 0.447. The van der Waals surface area contributed by atoms with Crippen molar-refractivity contribution in [3.05, 3.63) is 23.8 Å². The van der Waals surface area contributed by atoms with Crippen molar-refractivity contribution in [2.75, 3.05) is 6.61 Å². The summed E-state index contributed by atoms with van der Waals surface area (Å²) >= 11 is 0. The summed E-state index contributed by atoms with van der Waals surface area (Å²) in [5, 5.41) is 22.0. The molecule has 0 aliphatic carbocycles. The summed E-state index contributed by atoms with van der Waals surface area (Å²) in [5.41, 5.74) is 0.644. The number of hydrogen-bond acceptors (Lipinski definition) is 4. The molecule has 0 unspecified atom stereocenters. The van der Waals surface area contributed by atoms with Crippen LogP contribution >= 0.6 is 0 Å². The zero-order valence-corrected chi connectivity index (χ0v) is 10.9. The number of carboxylic acid groups (broad SMARTS) is 1. The van der Waals surface area contributed by atoms with E-state index in [0.717, 1.165) is 0 Å². The fourth-order valence-corrected chi connectivity index (χ4v) is 1.67. The van der Waals surface area contributed by atoms with Crippen molar-refractivity contribution in [3.8, 4) is 11.5 Å². The predicted molar refractivity (Wildman–Crippen MR) is 49.5 cm³/mol. The molecular weight excluding hydrogens is 221 g/mol. The first kappa shape index (κ1) is 13.2. The van der Waals surface area contributed by atoms with Gasteiger partial charge in [0.1, 0.15) is 17.6 Å². The zero-order valence-electron chi connectivity index (χ0n) is 8.90. The SMILES string of the molecule is O=C([O-])N[C@H]1CCOc2ccc(O)cc21.[Na+]. The maximum Gasteiger partial charge on any atom is 1.00 e. The standard InChI is InChI=1S/C10H11NO4.Na/c12-6-1-2-9-7(5-6)8(3-4-15-9)11-10(13)14;/h1-2,5,8,11-12H,3-4H2,(H,13,14);/q;+1/p-1/t8-;/m0./s1. The molecule has 6 heteroatoms. The molecule has 0 fully saturated rings. The second-order valence-corrected chi connectivity index (χ2v) is 3.34. The fraction of sp³-hybridized carbons (Fsp3) is 0.300. The van der Waals surface area contributed by atoms with Crippen LogP contribution in [0.5, 0.6) is 11.5 Å². The Morgan fingerprint density at radius 3 is 3.00 bits per heavy atom. The number of hydrogen-bond donors (Lipinski definition) is 2. The molecule has 2 N–H and O–H groups in total. The van der Waals surface area contributed by atoms with E-state index in [4.69, 9.17) is 4.74 Å². The van der Waals surface area contributed by atoms with Crippen LogP contribution in [0, 0.1) is 0 Å². The van der Waals surface area contributed by atoms with Crippen molar-refractivity contribution in [2.24, 2.45) is 0 Å². The van der Waals surface area contributed by atoms with Gasteiger partial charge in [-0.15, -0.1) is 0 Å². The Morgan fingerprint density at radius 2 is 2.31 bits per heavy atom. The Balaban J connectivity index is 0.00000128. The van der Waals surface area contributed by atoms with Gasteiger partial charge < -0.3 is 25.1 Å². The molecule has 0 aromatic heterocycles. The molecule has 1 amide bonds. The van der Waals surface area contributed by atoms with Gasteiger partial charge in [0.15, 0.2) is 0 Å². The van der Waals surface area contributed by atoms with E-state index >= 15 is 0 Å². The van der Waals surface area contributed by atoms with E-state index in [1.54, 1.807) is 6.07 Å². The number of phenols is 1. The van der Waals surface area contributed by atoms with Crippen LogP contribution in [-0.2, 0) is 0 Å². The van der Waals surface area contributed by atoms with E-state index in [0.29, 0.717) is 24.3 Å². The average Bonchev–Trinajstić information content (AvgIpc) is 2.18. The third-order valence-electron chi connectivity index (χ3n) is 2.32. The second kappa shape index (κ2) is 5.43. The van der Waals surface area contributed by atoms with Crippen molar-refractivity contribution >= 4 is 6.09 Å². The summed E-state index contributed by atoms with van der Waals surface area (Å²) in [5.74, 6) is 0.683. The third-order valence-corrected chi connectivity index (χ3v) is 2.32. The van der Waals surface area contributed by atoms with Crippen LogP contribution in [0.15, 0.2) is 18.2 Å². The number of fused-ring (bicyclic) bond motifs is 1. The fourth-order valence-electron chi connectivity index (χ4n) is 1.67. The van der Waals surface area contributed by atoms with Crippen molar-refractivity contribution in [1.29, 1.82) is 0 Å². The Hall–Kier alpha value is -0.910. The number of carbonyl (C=O) groups is 1. The van der Waals surface area contributed by atoms with Crippen LogP contribution in [0.4, 0.5) is 4.79 Å². The first-order chi connectivity index (χ1) is 7.16. The molecule has 5 nitrogen and oxygen atoms in total. The molecule has 0 bridgehead atoms. The van der Waals surface area contributed by atoms with Crippen LogP contribution in [-0.4, -0.2) is 17.8 Å². The summed E-state index contributed by atoms with van der Waals surface area (Å²) in [6, 6.07) is 4.24. The topological polar surface area (TPSA) is 81.6 Å². The minimum atomic E-state index is -1.32. The Morgan fingerprint density at radius 1 is 1.56 bits per heavy atom. The van der Waals surface area contributed by atoms with Crippen molar-refractivity contribution in [1.82, 2.24) is 5.32 Å². The Kier molecular flexibility index (Phi) is 4.46. The monoisotopic (exact) mass is 231 g/mol. The number of carbonyl (C=O) groups excluding carboxylic acids is 1. The second-order valence-electron chi connectivity index (χ2n) is 3.34. The van der Waals surface area contributed by atoms with E-state index in [9.17, 15) is 15.0 Å². The van der Waals surface area contributed by atoms with Crippen LogP contribution in [0.3, 0.4) is 0 Å². The van der Waals surface area contributed by atoms with Gasteiger partial charge in [-0.3, -0.25) is 0 Å². The first-order valence-corrected chi connectivity index (χ1v) is 4.60. The predicted octanol–water partition coefficient (Wildman–Crippen LogP) is -2.85. The molecular formula is C10H10NNaO4. The van der Waals surface area contributed by atoms with Crippen LogP contribution in [0.2, 0.25) is 0 Å². The maximum absolute atomic E-state index is 10.4. The molecule has 80 valence electrons. The number of nitrogens with one attached hydrogen (secondary N) is 1. The number of aromatic hydroxyl groups is 1. The van der Waals surface area contributed by atoms with Crippen LogP contribution in [0.1, 0.15) is 18.0 Å². The van der Waals surface area contributed by atoms with Gasteiger partial charge in [0.25, 0.3) is 0 Å². The Labute approximate surface area is 115 Å². The smallest absolute Gasteiger partial charge is 0.530 e. The van der Waals surface area contributed by atoms with Crippen LogP contribution in [0.25, 0.3) is 0 Å². The zero-order chi connectivity index (χ0) is 10.8. The summed E-state index contributed by atoms with van der Waals surface area (Å²) in [4.78, 5) is 10.4. The third kappa shape index (κ3) is 2.81.